The first-order valence-electron chi connectivity index (χ1n) is 8.52. The number of hydrogen-bond acceptors (Lipinski definition) is 2. The van der Waals surface area contributed by atoms with E-state index in [2.05, 4.69) is 75.4 Å². The molecule has 5 rings (SSSR count). The van der Waals surface area contributed by atoms with E-state index in [1.54, 1.807) is 0 Å². The molecule has 0 radical (unpaired) electrons. The molecule has 2 heteroatoms. The Labute approximate surface area is 142 Å². The number of fused-ring (bicyclic) bond motifs is 7. The summed E-state index contributed by atoms with van der Waals surface area (Å²) in [4.78, 5) is 0. The third-order valence-corrected chi connectivity index (χ3v) is 5.39. The van der Waals surface area contributed by atoms with E-state index < -0.39 is 0 Å². The van der Waals surface area contributed by atoms with Crippen molar-refractivity contribution in [3.63, 3.8) is 0 Å². The van der Waals surface area contributed by atoms with Crippen LogP contribution in [0.3, 0.4) is 0 Å². The van der Waals surface area contributed by atoms with E-state index >= 15 is 0 Å². The molecule has 0 aromatic heterocycles. The Morgan fingerprint density at radius 3 is 2.58 bits per heavy atom. The van der Waals surface area contributed by atoms with Gasteiger partial charge in [0.2, 0.25) is 0 Å². The van der Waals surface area contributed by atoms with Crippen molar-refractivity contribution in [1.29, 1.82) is 0 Å². The zero-order chi connectivity index (χ0) is 16.5. The van der Waals surface area contributed by atoms with Gasteiger partial charge in [-0.3, -0.25) is 0 Å². The largest absolute Gasteiger partial charge is 0.487 e. The van der Waals surface area contributed by atoms with Crippen molar-refractivity contribution < 1.29 is 9.47 Å². The highest BCUT2D eigenvalue weighted by molar-refractivity contribution is 5.89. The van der Waals surface area contributed by atoms with Crippen molar-refractivity contribution in [2.45, 2.75) is 38.4 Å². The van der Waals surface area contributed by atoms with Crippen LogP contribution in [0.25, 0.3) is 10.8 Å². The van der Waals surface area contributed by atoms with E-state index in [1.807, 2.05) is 0 Å². The fourth-order valence-electron chi connectivity index (χ4n) is 4.34. The van der Waals surface area contributed by atoms with Crippen LogP contribution in [0.5, 0.6) is 11.5 Å². The van der Waals surface area contributed by atoms with Gasteiger partial charge in [-0.25, -0.2) is 0 Å². The highest BCUT2D eigenvalue weighted by Gasteiger charge is 2.51. The summed E-state index contributed by atoms with van der Waals surface area (Å²) in [7, 11) is 0. The Bertz CT molecular complexity index is 971. The first kappa shape index (κ1) is 13.9. The maximum atomic E-state index is 6.46. The van der Waals surface area contributed by atoms with E-state index in [-0.39, 0.29) is 17.6 Å². The van der Waals surface area contributed by atoms with E-state index in [0.717, 1.165) is 11.5 Å². The van der Waals surface area contributed by atoms with Gasteiger partial charge in [-0.15, -0.1) is 0 Å². The SMILES string of the molecule is Cc1ccc2c(c1)[C@H]1Oc3ccc4ccccc4c3[C@H]1C(C)(C)O2. The van der Waals surface area contributed by atoms with Crippen molar-refractivity contribution in [3.05, 3.63) is 71.3 Å². The topological polar surface area (TPSA) is 18.5 Å². The van der Waals surface area contributed by atoms with Crippen LogP contribution in [0.2, 0.25) is 0 Å². The summed E-state index contributed by atoms with van der Waals surface area (Å²) in [6, 6.07) is 19.2. The molecular weight excluding hydrogens is 296 g/mol. The fourth-order valence-corrected chi connectivity index (χ4v) is 4.34. The first-order chi connectivity index (χ1) is 11.5. The average Bonchev–Trinajstić information content (AvgIpc) is 2.97. The molecule has 3 aromatic carbocycles. The van der Waals surface area contributed by atoms with Gasteiger partial charge in [0.05, 0.1) is 5.92 Å². The highest BCUT2D eigenvalue weighted by atomic mass is 16.5. The van der Waals surface area contributed by atoms with Gasteiger partial charge in [0, 0.05) is 11.1 Å². The summed E-state index contributed by atoms with van der Waals surface area (Å²) in [5.41, 5.74) is 3.37. The summed E-state index contributed by atoms with van der Waals surface area (Å²) >= 11 is 0. The molecule has 0 saturated heterocycles. The molecule has 0 spiro atoms. The van der Waals surface area contributed by atoms with Crippen molar-refractivity contribution in [3.8, 4) is 11.5 Å². The molecule has 120 valence electrons. The molecule has 2 heterocycles. The lowest BCUT2D eigenvalue weighted by Gasteiger charge is -2.41. The molecule has 2 nitrogen and oxygen atoms in total. The predicted octanol–water partition coefficient (Wildman–Crippen LogP) is 5.54. The van der Waals surface area contributed by atoms with Crippen LogP contribution in [-0.2, 0) is 0 Å². The number of hydrogen-bond donors (Lipinski definition) is 0. The van der Waals surface area contributed by atoms with Crippen molar-refractivity contribution >= 4 is 10.8 Å². The Hall–Kier alpha value is -2.48. The quantitative estimate of drug-likeness (QED) is 0.542. The predicted molar refractivity (Wildman–Crippen MR) is 95.9 cm³/mol. The third-order valence-electron chi connectivity index (χ3n) is 5.39. The van der Waals surface area contributed by atoms with Crippen LogP contribution in [-0.4, -0.2) is 5.60 Å². The van der Waals surface area contributed by atoms with E-state index in [0.29, 0.717) is 0 Å². The Kier molecular flexibility index (Phi) is 2.63. The van der Waals surface area contributed by atoms with Gasteiger partial charge in [0.1, 0.15) is 23.2 Å². The van der Waals surface area contributed by atoms with Gasteiger partial charge in [-0.1, -0.05) is 42.0 Å². The Morgan fingerprint density at radius 2 is 1.71 bits per heavy atom. The van der Waals surface area contributed by atoms with Crippen LogP contribution >= 0.6 is 0 Å². The molecule has 2 atom stereocenters. The second kappa shape index (κ2) is 4.54. The summed E-state index contributed by atoms with van der Waals surface area (Å²) in [5.74, 6) is 2.13. The van der Waals surface area contributed by atoms with Crippen LogP contribution in [0.1, 0.15) is 42.6 Å². The lowest BCUT2D eigenvalue weighted by atomic mass is 9.75. The second-order valence-corrected chi connectivity index (χ2v) is 7.46. The maximum absolute atomic E-state index is 6.46. The maximum Gasteiger partial charge on any atom is 0.138 e. The van der Waals surface area contributed by atoms with E-state index in [9.17, 15) is 0 Å². The average molecular weight is 316 g/mol. The molecule has 0 amide bonds. The van der Waals surface area contributed by atoms with Gasteiger partial charge >= 0.3 is 0 Å². The Balaban J connectivity index is 1.79. The minimum absolute atomic E-state index is 0.0180. The molecule has 0 unspecified atom stereocenters. The summed E-state index contributed by atoms with van der Waals surface area (Å²) < 4.78 is 12.9. The second-order valence-electron chi connectivity index (χ2n) is 7.46. The molecule has 0 saturated carbocycles. The fraction of sp³-hybridized carbons (Fsp3) is 0.273. The molecule has 2 aliphatic rings. The van der Waals surface area contributed by atoms with Gasteiger partial charge in [-0.05, 0) is 49.7 Å². The molecule has 2 aliphatic heterocycles. The molecular formula is C22H20O2. The normalized spacial score (nSPS) is 23.0. The third kappa shape index (κ3) is 1.77. The first-order valence-corrected chi connectivity index (χ1v) is 8.52. The molecule has 3 aromatic rings. The monoisotopic (exact) mass is 316 g/mol. The van der Waals surface area contributed by atoms with Gasteiger partial charge in [0.15, 0.2) is 0 Å². The van der Waals surface area contributed by atoms with Gasteiger partial charge < -0.3 is 9.47 Å². The summed E-state index contributed by atoms with van der Waals surface area (Å²) in [5, 5.41) is 2.53. The van der Waals surface area contributed by atoms with Crippen LogP contribution in [0.15, 0.2) is 54.6 Å². The number of ether oxygens (including phenoxy) is 2. The number of aryl methyl sites for hydroxylation is 1. The minimum atomic E-state index is -0.317. The zero-order valence-electron chi connectivity index (χ0n) is 14.2. The summed E-state index contributed by atoms with van der Waals surface area (Å²) in [6.07, 6.45) is 0.0180. The van der Waals surface area contributed by atoms with Crippen LogP contribution in [0.4, 0.5) is 0 Å². The van der Waals surface area contributed by atoms with E-state index in [1.165, 1.54) is 27.5 Å². The smallest absolute Gasteiger partial charge is 0.138 e. The molecule has 0 bridgehead atoms. The van der Waals surface area contributed by atoms with E-state index in [4.69, 9.17) is 9.47 Å². The summed E-state index contributed by atoms with van der Waals surface area (Å²) in [6.45, 7) is 6.47. The van der Waals surface area contributed by atoms with Crippen molar-refractivity contribution in [2.75, 3.05) is 0 Å². The standard InChI is InChI=1S/C22H20O2/c1-13-8-10-17-16(12-13)21-20(22(2,3)24-17)19-15-7-5-4-6-14(15)9-11-18(19)23-21/h4-12,20-21H,1-3H3/t20-,21-/m1/s1. The Morgan fingerprint density at radius 1 is 0.917 bits per heavy atom. The zero-order valence-corrected chi connectivity index (χ0v) is 14.2. The molecule has 0 N–H and O–H groups in total. The lowest BCUT2D eigenvalue weighted by molar-refractivity contribution is 0.0132. The van der Waals surface area contributed by atoms with Gasteiger partial charge in [0.25, 0.3) is 0 Å². The van der Waals surface area contributed by atoms with Crippen molar-refractivity contribution in [2.24, 2.45) is 0 Å². The lowest BCUT2D eigenvalue weighted by Crippen LogP contribution is -2.42. The minimum Gasteiger partial charge on any atom is -0.487 e. The number of benzene rings is 3. The molecule has 0 fully saturated rings. The highest BCUT2D eigenvalue weighted by Crippen LogP contribution is 2.58. The van der Waals surface area contributed by atoms with Crippen LogP contribution in [0, 0.1) is 6.92 Å². The van der Waals surface area contributed by atoms with Crippen molar-refractivity contribution in [1.82, 2.24) is 0 Å². The molecule has 24 heavy (non-hydrogen) atoms. The number of rotatable bonds is 0. The molecule has 0 aliphatic carbocycles. The van der Waals surface area contributed by atoms with Gasteiger partial charge in [-0.2, -0.15) is 0 Å². The van der Waals surface area contributed by atoms with Crippen LogP contribution < -0.4 is 9.47 Å².